The molecule has 2 fully saturated rings. The molecule has 1 aliphatic heterocycles. The lowest BCUT2D eigenvalue weighted by Crippen LogP contribution is -3.29. The molecule has 0 aromatic heterocycles. The zero-order valence-electron chi connectivity index (χ0n) is 13.2. The van der Waals surface area contributed by atoms with E-state index in [2.05, 4.69) is 6.92 Å². The Bertz CT molecular complexity index is 437. The Labute approximate surface area is 127 Å². The van der Waals surface area contributed by atoms with E-state index >= 15 is 0 Å². The van der Waals surface area contributed by atoms with Gasteiger partial charge in [-0.25, -0.2) is 4.39 Å². The molecule has 2 aliphatic rings. The van der Waals surface area contributed by atoms with Gasteiger partial charge >= 0.3 is 0 Å². The van der Waals surface area contributed by atoms with Gasteiger partial charge in [0, 0.05) is 12.0 Å². The highest BCUT2D eigenvalue weighted by molar-refractivity contribution is 5.14. The minimum atomic E-state index is -0.130. The van der Waals surface area contributed by atoms with Crippen molar-refractivity contribution in [2.24, 2.45) is 5.92 Å². The summed E-state index contributed by atoms with van der Waals surface area (Å²) < 4.78 is 12.9. The third kappa shape index (κ3) is 4.04. The van der Waals surface area contributed by atoms with Crippen LogP contribution in [0.1, 0.15) is 38.2 Å². The number of halogens is 1. The van der Waals surface area contributed by atoms with Gasteiger partial charge in [-0.2, -0.15) is 0 Å². The lowest BCUT2D eigenvalue weighted by atomic mass is 9.86. The van der Waals surface area contributed by atoms with Gasteiger partial charge in [0.15, 0.2) is 0 Å². The standard InChI is InChI=1S/C18H27FN2/c1-15-3-2-4-18(13-15)21-11-9-20(10-12-21)14-16-5-7-17(19)8-6-16/h5-8,15,18H,2-4,9-14H2,1H3/p+2/t15-,18+/m0/s1. The molecule has 0 bridgehead atoms. The summed E-state index contributed by atoms with van der Waals surface area (Å²) in [5.74, 6) is 0.801. The fraction of sp³-hybridized carbons (Fsp3) is 0.667. The Morgan fingerprint density at radius 3 is 2.43 bits per heavy atom. The van der Waals surface area contributed by atoms with Crippen molar-refractivity contribution in [3.8, 4) is 0 Å². The van der Waals surface area contributed by atoms with Crippen LogP contribution in [0.5, 0.6) is 0 Å². The second kappa shape index (κ2) is 6.89. The van der Waals surface area contributed by atoms with Gasteiger partial charge < -0.3 is 9.80 Å². The Hall–Kier alpha value is -0.930. The quantitative estimate of drug-likeness (QED) is 0.811. The number of hydrogen-bond donors (Lipinski definition) is 2. The lowest BCUT2D eigenvalue weighted by Gasteiger charge is -2.37. The van der Waals surface area contributed by atoms with Gasteiger partial charge in [0.1, 0.15) is 38.5 Å². The summed E-state index contributed by atoms with van der Waals surface area (Å²) in [6, 6.07) is 7.95. The number of nitrogens with one attached hydrogen (secondary N) is 2. The maximum Gasteiger partial charge on any atom is 0.127 e. The first kappa shape index (κ1) is 15.0. The molecule has 1 aromatic rings. The molecule has 1 saturated heterocycles. The number of benzene rings is 1. The summed E-state index contributed by atoms with van der Waals surface area (Å²) in [6.07, 6.45) is 5.74. The number of hydrogen-bond acceptors (Lipinski definition) is 0. The minimum Gasteiger partial charge on any atom is -0.323 e. The molecule has 3 rings (SSSR count). The van der Waals surface area contributed by atoms with Gasteiger partial charge in [-0.1, -0.05) is 25.5 Å². The first-order chi connectivity index (χ1) is 10.2. The van der Waals surface area contributed by atoms with Crippen molar-refractivity contribution in [2.75, 3.05) is 26.2 Å². The molecule has 1 aromatic carbocycles. The van der Waals surface area contributed by atoms with Gasteiger partial charge in [0.25, 0.3) is 0 Å². The summed E-state index contributed by atoms with van der Waals surface area (Å²) in [7, 11) is 0. The Morgan fingerprint density at radius 1 is 1.05 bits per heavy atom. The third-order valence-electron chi connectivity index (χ3n) is 5.48. The van der Waals surface area contributed by atoms with Gasteiger partial charge in [0.2, 0.25) is 0 Å². The molecule has 2 atom stereocenters. The van der Waals surface area contributed by atoms with Crippen LogP contribution in [0.2, 0.25) is 0 Å². The fourth-order valence-corrected chi connectivity index (χ4v) is 4.21. The SMILES string of the molecule is C[C@H]1CCC[C@@H]([NH+]2CC[NH+](Cc3ccc(F)cc3)CC2)C1. The molecule has 0 amide bonds. The zero-order valence-corrected chi connectivity index (χ0v) is 13.2. The van der Waals surface area contributed by atoms with Gasteiger partial charge in [0.05, 0.1) is 6.04 Å². The van der Waals surface area contributed by atoms with E-state index in [1.165, 1.54) is 57.4 Å². The normalized spacial score (nSPS) is 33.8. The fourth-order valence-electron chi connectivity index (χ4n) is 4.21. The van der Waals surface area contributed by atoms with Crippen molar-refractivity contribution in [3.05, 3.63) is 35.6 Å². The lowest BCUT2D eigenvalue weighted by molar-refractivity contribution is -1.03. The van der Waals surface area contributed by atoms with Crippen molar-refractivity contribution in [1.82, 2.24) is 0 Å². The minimum absolute atomic E-state index is 0.130. The smallest absolute Gasteiger partial charge is 0.127 e. The van der Waals surface area contributed by atoms with E-state index in [4.69, 9.17) is 0 Å². The van der Waals surface area contributed by atoms with Crippen molar-refractivity contribution in [3.63, 3.8) is 0 Å². The van der Waals surface area contributed by atoms with E-state index in [-0.39, 0.29) is 5.82 Å². The van der Waals surface area contributed by atoms with Crippen molar-refractivity contribution >= 4 is 0 Å². The molecule has 2 N–H and O–H groups in total. The Balaban J connectivity index is 1.47. The molecule has 21 heavy (non-hydrogen) atoms. The summed E-state index contributed by atoms with van der Waals surface area (Å²) in [5.41, 5.74) is 1.26. The van der Waals surface area contributed by atoms with Crippen LogP contribution in [0.4, 0.5) is 4.39 Å². The van der Waals surface area contributed by atoms with E-state index in [0.717, 1.165) is 18.5 Å². The number of quaternary nitrogens is 2. The highest BCUT2D eigenvalue weighted by Crippen LogP contribution is 2.21. The summed E-state index contributed by atoms with van der Waals surface area (Å²) >= 11 is 0. The molecule has 1 saturated carbocycles. The highest BCUT2D eigenvalue weighted by atomic mass is 19.1. The maximum atomic E-state index is 12.9. The van der Waals surface area contributed by atoms with Crippen LogP contribution in [0.15, 0.2) is 24.3 Å². The summed E-state index contributed by atoms with van der Waals surface area (Å²) in [5, 5.41) is 0. The second-order valence-corrected chi connectivity index (χ2v) is 7.18. The van der Waals surface area contributed by atoms with Crippen LogP contribution in [0, 0.1) is 11.7 Å². The zero-order chi connectivity index (χ0) is 14.7. The van der Waals surface area contributed by atoms with Gasteiger partial charge in [-0.05, 0) is 30.9 Å². The molecule has 0 spiro atoms. The predicted molar refractivity (Wildman–Crippen MR) is 82.9 cm³/mol. The van der Waals surface area contributed by atoms with Crippen LogP contribution in [-0.2, 0) is 6.54 Å². The van der Waals surface area contributed by atoms with E-state index < -0.39 is 0 Å². The monoisotopic (exact) mass is 292 g/mol. The molecule has 116 valence electrons. The molecular formula is C18H29FN2+2. The Kier molecular flexibility index (Phi) is 4.91. The van der Waals surface area contributed by atoms with Crippen LogP contribution in [0.25, 0.3) is 0 Å². The molecule has 1 heterocycles. The van der Waals surface area contributed by atoms with Crippen LogP contribution in [0.3, 0.4) is 0 Å². The average Bonchev–Trinajstić information content (AvgIpc) is 2.50. The molecule has 2 nitrogen and oxygen atoms in total. The Morgan fingerprint density at radius 2 is 1.76 bits per heavy atom. The van der Waals surface area contributed by atoms with Crippen LogP contribution in [-0.4, -0.2) is 32.2 Å². The second-order valence-electron chi connectivity index (χ2n) is 7.18. The van der Waals surface area contributed by atoms with E-state index in [0.29, 0.717) is 0 Å². The van der Waals surface area contributed by atoms with Crippen LogP contribution >= 0.6 is 0 Å². The number of rotatable bonds is 3. The third-order valence-corrected chi connectivity index (χ3v) is 5.48. The topological polar surface area (TPSA) is 8.88 Å². The van der Waals surface area contributed by atoms with Gasteiger partial charge in [-0.15, -0.1) is 0 Å². The maximum absolute atomic E-state index is 12.9. The van der Waals surface area contributed by atoms with Crippen LogP contribution < -0.4 is 9.80 Å². The largest absolute Gasteiger partial charge is 0.323 e. The molecule has 3 heteroatoms. The average molecular weight is 292 g/mol. The first-order valence-electron chi connectivity index (χ1n) is 8.63. The van der Waals surface area contributed by atoms with Crippen molar-refractivity contribution in [2.45, 2.75) is 45.2 Å². The van der Waals surface area contributed by atoms with Gasteiger partial charge in [-0.3, -0.25) is 0 Å². The predicted octanol–water partition coefficient (Wildman–Crippen LogP) is 0.688. The molecule has 0 unspecified atom stereocenters. The van der Waals surface area contributed by atoms with E-state index in [1.54, 1.807) is 17.0 Å². The van der Waals surface area contributed by atoms with Crippen molar-refractivity contribution in [1.29, 1.82) is 0 Å². The summed E-state index contributed by atoms with van der Waals surface area (Å²) in [4.78, 5) is 3.51. The molecule has 0 radical (unpaired) electrons. The molecular weight excluding hydrogens is 263 g/mol. The first-order valence-corrected chi connectivity index (χ1v) is 8.63. The highest BCUT2D eigenvalue weighted by Gasteiger charge is 2.32. The van der Waals surface area contributed by atoms with E-state index in [1.807, 2.05) is 17.0 Å². The number of piperazine rings is 1. The van der Waals surface area contributed by atoms with Crippen molar-refractivity contribution < 1.29 is 14.2 Å². The summed E-state index contributed by atoms with van der Waals surface area (Å²) in [6.45, 7) is 8.62. The molecule has 1 aliphatic carbocycles. The van der Waals surface area contributed by atoms with E-state index in [9.17, 15) is 4.39 Å².